The number of thioether (sulfide) groups is 1. The minimum Gasteiger partial charge on any atom is -0.463 e. The van der Waals surface area contributed by atoms with Gasteiger partial charge in [-0.05, 0) is 24.3 Å². The van der Waals surface area contributed by atoms with Crippen molar-refractivity contribution < 1.29 is 13.9 Å². The number of rotatable bonds is 7. The molecule has 0 atom stereocenters. The van der Waals surface area contributed by atoms with Crippen LogP contribution >= 0.6 is 11.8 Å². The fourth-order valence-corrected chi connectivity index (χ4v) is 2.48. The molecule has 0 fully saturated rings. The molecule has 1 N–H and O–H groups in total. The molecule has 4 nitrogen and oxygen atoms in total. The number of nitrogens with one attached hydrogen (secondary N) is 1. The summed E-state index contributed by atoms with van der Waals surface area (Å²) in [6.45, 7) is 1.47. The molecule has 0 aliphatic carbocycles. The summed E-state index contributed by atoms with van der Waals surface area (Å²) in [6.07, 6.45) is 0. The lowest BCUT2D eigenvalue weighted by Gasteiger charge is -2.03. The van der Waals surface area contributed by atoms with Gasteiger partial charge in [0.15, 0.2) is 0 Å². The molecule has 1 aromatic heterocycles. The van der Waals surface area contributed by atoms with E-state index in [1.165, 1.54) is 12.0 Å². The molecule has 0 bridgehead atoms. The van der Waals surface area contributed by atoms with Crippen molar-refractivity contribution >= 4 is 17.7 Å². The predicted molar refractivity (Wildman–Crippen MR) is 78.9 cm³/mol. The Labute approximate surface area is 122 Å². The van der Waals surface area contributed by atoms with Crippen molar-refractivity contribution in [3.05, 3.63) is 54.0 Å². The number of ether oxygens (including phenoxy) is 1. The van der Waals surface area contributed by atoms with Gasteiger partial charge in [-0.25, -0.2) is 4.79 Å². The molecule has 1 aromatic carbocycles. The number of benzene rings is 1. The Hall–Kier alpha value is -1.72. The summed E-state index contributed by atoms with van der Waals surface area (Å²) in [5.41, 5.74) is 0. The van der Waals surface area contributed by atoms with Gasteiger partial charge in [0, 0.05) is 17.2 Å². The molecule has 0 aliphatic rings. The van der Waals surface area contributed by atoms with Crippen LogP contribution in [0.1, 0.15) is 16.3 Å². The first-order valence-electron chi connectivity index (χ1n) is 6.35. The second-order valence-corrected chi connectivity index (χ2v) is 5.26. The van der Waals surface area contributed by atoms with E-state index >= 15 is 0 Å². The van der Waals surface area contributed by atoms with Gasteiger partial charge in [0.25, 0.3) is 0 Å². The molecular weight excluding hydrogens is 274 g/mol. The van der Waals surface area contributed by atoms with Crippen molar-refractivity contribution in [1.82, 2.24) is 5.32 Å². The summed E-state index contributed by atoms with van der Waals surface area (Å²) in [7, 11) is 1.34. The summed E-state index contributed by atoms with van der Waals surface area (Å²) in [5.74, 6) is 1.50. The molecule has 0 aliphatic heterocycles. The summed E-state index contributed by atoms with van der Waals surface area (Å²) in [4.78, 5) is 12.5. The van der Waals surface area contributed by atoms with Gasteiger partial charge in [-0.15, -0.1) is 11.8 Å². The fraction of sp³-hybridized carbons (Fsp3) is 0.267. The van der Waals surface area contributed by atoms with Crippen LogP contribution in [0.25, 0.3) is 0 Å². The zero-order valence-corrected chi connectivity index (χ0v) is 12.1. The van der Waals surface area contributed by atoms with E-state index in [4.69, 9.17) is 4.42 Å². The van der Waals surface area contributed by atoms with Crippen molar-refractivity contribution in [2.24, 2.45) is 0 Å². The summed E-state index contributed by atoms with van der Waals surface area (Å²) in [6, 6.07) is 13.7. The average molecular weight is 291 g/mol. The van der Waals surface area contributed by atoms with Crippen molar-refractivity contribution in [3.8, 4) is 0 Å². The molecule has 2 aromatic rings. The highest BCUT2D eigenvalue weighted by Gasteiger charge is 2.10. The van der Waals surface area contributed by atoms with Gasteiger partial charge < -0.3 is 14.5 Å². The first kappa shape index (κ1) is 14.7. The average Bonchev–Trinajstić information content (AvgIpc) is 2.96. The predicted octanol–water partition coefficient (Wildman–Crippen LogP) is 2.95. The van der Waals surface area contributed by atoms with Crippen LogP contribution in [-0.4, -0.2) is 25.4 Å². The number of methoxy groups -OCH3 is 1. The Bertz CT molecular complexity index is 539. The molecule has 0 saturated heterocycles. The van der Waals surface area contributed by atoms with Gasteiger partial charge in [-0.3, -0.25) is 0 Å². The van der Waals surface area contributed by atoms with Crippen molar-refractivity contribution in [1.29, 1.82) is 0 Å². The van der Waals surface area contributed by atoms with E-state index < -0.39 is 5.97 Å². The van der Waals surface area contributed by atoms with E-state index in [0.29, 0.717) is 6.54 Å². The first-order chi connectivity index (χ1) is 9.79. The van der Waals surface area contributed by atoms with E-state index in [9.17, 15) is 4.79 Å². The third-order valence-corrected chi connectivity index (χ3v) is 3.65. The summed E-state index contributed by atoms with van der Waals surface area (Å²) in [5, 5.41) is 3.28. The molecule has 1 heterocycles. The Balaban J connectivity index is 1.66. The molecular formula is C15H17NO3S. The van der Waals surface area contributed by atoms with Gasteiger partial charge in [0.1, 0.15) is 5.76 Å². The molecule has 0 amide bonds. The van der Waals surface area contributed by atoms with E-state index in [-0.39, 0.29) is 5.76 Å². The van der Waals surface area contributed by atoms with Crippen LogP contribution in [0.3, 0.4) is 0 Å². The number of carbonyl (C=O) groups excluding carboxylic acids is 1. The first-order valence-corrected chi connectivity index (χ1v) is 7.34. The summed E-state index contributed by atoms with van der Waals surface area (Å²) < 4.78 is 9.94. The third-order valence-electron chi connectivity index (χ3n) is 2.64. The maximum absolute atomic E-state index is 11.2. The standard InChI is InChI=1S/C15H17NO3S/c1-18-15(17)14-8-7-12(19-14)11-16-9-10-20-13-5-3-2-4-6-13/h2-8,16H,9-11H2,1H3. The second-order valence-electron chi connectivity index (χ2n) is 4.10. The van der Waals surface area contributed by atoms with E-state index in [1.807, 2.05) is 18.2 Å². The van der Waals surface area contributed by atoms with Gasteiger partial charge >= 0.3 is 5.97 Å². The van der Waals surface area contributed by atoms with Crippen LogP contribution in [0.2, 0.25) is 0 Å². The highest BCUT2D eigenvalue weighted by Crippen LogP contribution is 2.16. The zero-order valence-electron chi connectivity index (χ0n) is 11.3. The third kappa shape index (κ3) is 4.43. The number of esters is 1. The highest BCUT2D eigenvalue weighted by atomic mass is 32.2. The van der Waals surface area contributed by atoms with Gasteiger partial charge in [0.2, 0.25) is 5.76 Å². The minimum absolute atomic E-state index is 0.239. The normalized spacial score (nSPS) is 10.4. The highest BCUT2D eigenvalue weighted by molar-refractivity contribution is 7.99. The van der Waals surface area contributed by atoms with Crippen LogP contribution in [0.5, 0.6) is 0 Å². The smallest absolute Gasteiger partial charge is 0.373 e. The fourth-order valence-electron chi connectivity index (χ4n) is 1.65. The Morgan fingerprint density at radius 3 is 2.80 bits per heavy atom. The van der Waals surface area contributed by atoms with Gasteiger partial charge in [-0.1, -0.05) is 18.2 Å². The van der Waals surface area contributed by atoms with Crippen LogP contribution in [0.4, 0.5) is 0 Å². The lowest BCUT2D eigenvalue weighted by atomic mass is 10.4. The number of hydrogen-bond donors (Lipinski definition) is 1. The van der Waals surface area contributed by atoms with E-state index in [0.717, 1.165) is 18.1 Å². The second kappa shape index (κ2) is 7.77. The van der Waals surface area contributed by atoms with E-state index in [1.54, 1.807) is 23.9 Å². The number of hydrogen-bond acceptors (Lipinski definition) is 5. The van der Waals surface area contributed by atoms with Crippen molar-refractivity contribution in [3.63, 3.8) is 0 Å². The van der Waals surface area contributed by atoms with Crippen LogP contribution in [0, 0.1) is 0 Å². The molecule has 5 heteroatoms. The number of furan rings is 1. The Morgan fingerprint density at radius 2 is 2.05 bits per heavy atom. The minimum atomic E-state index is -0.448. The maximum Gasteiger partial charge on any atom is 0.373 e. The molecule has 20 heavy (non-hydrogen) atoms. The molecule has 0 radical (unpaired) electrons. The van der Waals surface area contributed by atoms with Crippen LogP contribution in [0.15, 0.2) is 51.8 Å². The monoisotopic (exact) mass is 291 g/mol. The quantitative estimate of drug-likeness (QED) is 0.483. The largest absolute Gasteiger partial charge is 0.463 e. The number of carbonyl (C=O) groups is 1. The summed E-state index contributed by atoms with van der Waals surface area (Å²) >= 11 is 1.80. The molecule has 0 saturated carbocycles. The lowest BCUT2D eigenvalue weighted by Crippen LogP contribution is -2.16. The Morgan fingerprint density at radius 1 is 1.25 bits per heavy atom. The SMILES string of the molecule is COC(=O)c1ccc(CNCCSc2ccccc2)o1. The van der Waals surface area contributed by atoms with Crippen LogP contribution < -0.4 is 5.32 Å². The van der Waals surface area contributed by atoms with Crippen molar-refractivity contribution in [2.75, 3.05) is 19.4 Å². The molecule has 0 spiro atoms. The lowest BCUT2D eigenvalue weighted by molar-refractivity contribution is 0.0563. The molecule has 0 unspecified atom stereocenters. The zero-order chi connectivity index (χ0) is 14.2. The topological polar surface area (TPSA) is 51.5 Å². The van der Waals surface area contributed by atoms with E-state index in [2.05, 4.69) is 22.2 Å². The van der Waals surface area contributed by atoms with Gasteiger partial charge in [-0.2, -0.15) is 0 Å². The maximum atomic E-state index is 11.2. The Kier molecular flexibility index (Phi) is 5.70. The molecule has 2 rings (SSSR count). The van der Waals surface area contributed by atoms with Gasteiger partial charge in [0.05, 0.1) is 13.7 Å². The molecule has 106 valence electrons. The van der Waals surface area contributed by atoms with Crippen LogP contribution in [-0.2, 0) is 11.3 Å². The van der Waals surface area contributed by atoms with Crippen molar-refractivity contribution in [2.45, 2.75) is 11.4 Å².